The van der Waals surface area contributed by atoms with Crippen LogP contribution >= 0.6 is 0 Å². The number of hydrogen-bond acceptors (Lipinski definition) is 7. The molecule has 1 aliphatic carbocycles. The summed E-state index contributed by atoms with van der Waals surface area (Å²) in [4.78, 5) is 41.6. The van der Waals surface area contributed by atoms with E-state index < -0.39 is 47.0 Å². The second-order valence-electron chi connectivity index (χ2n) is 11.3. The van der Waals surface area contributed by atoms with Crippen LogP contribution in [0.1, 0.15) is 55.7 Å². The highest BCUT2D eigenvalue weighted by Crippen LogP contribution is 2.60. The van der Waals surface area contributed by atoms with Gasteiger partial charge in [-0.1, -0.05) is 60.7 Å². The van der Waals surface area contributed by atoms with Crippen LogP contribution in [0.2, 0.25) is 0 Å². The van der Waals surface area contributed by atoms with Crippen LogP contribution in [0.5, 0.6) is 5.75 Å². The lowest BCUT2D eigenvalue weighted by Crippen LogP contribution is -2.62. The Labute approximate surface area is 232 Å². The van der Waals surface area contributed by atoms with Crippen molar-refractivity contribution in [3.8, 4) is 5.75 Å². The van der Waals surface area contributed by atoms with Crippen molar-refractivity contribution < 1.29 is 29.1 Å². The molecule has 2 amide bonds. The fraction of sp³-hybridized carbons (Fsp3) is 0.355. The lowest BCUT2D eigenvalue weighted by molar-refractivity contribution is -0.537. The lowest BCUT2D eigenvalue weighted by Gasteiger charge is -2.47. The highest BCUT2D eigenvalue weighted by molar-refractivity contribution is 6.22. The van der Waals surface area contributed by atoms with Crippen LogP contribution in [0.4, 0.5) is 10.5 Å². The molecule has 1 saturated carbocycles. The van der Waals surface area contributed by atoms with E-state index in [4.69, 9.17) is 9.47 Å². The van der Waals surface area contributed by atoms with E-state index in [2.05, 4.69) is 0 Å². The summed E-state index contributed by atoms with van der Waals surface area (Å²) in [6.45, 7) is 5.07. The van der Waals surface area contributed by atoms with Gasteiger partial charge in [-0.2, -0.15) is 0 Å². The van der Waals surface area contributed by atoms with Crippen LogP contribution in [0, 0.1) is 10.1 Å². The van der Waals surface area contributed by atoms with Crippen LogP contribution < -0.4 is 9.64 Å². The number of hydrogen-bond donors (Lipinski definition) is 1. The Morgan fingerprint density at radius 1 is 1.00 bits per heavy atom. The molecule has 1 fully saturated rings. The molecule has 1 heterocycles. The Morgan fingerprint density at radius 2 is 1.62 bits per heavy atom. The van der Waals surface area contributed by atoms with Crippen molar-refractivity contribution in [1.29, 1.82) is 0 Å². The van der Waals surface area contributed by atoms with E-state index >= 15 is 0 Å². The molecule has 0 bridgehead atoms. The normalized spacial score (nSPS) is 25.9. The Hall–Kier alpha value is -4.24. The Balaban J connectivity index is 1.78. The van der Waals surface area contributed by atoms with Crippen molar-refractivity contribution in [2.24, 2.45) is 0 Å². The summed E-state index contributed by atoms with van der Waals surface area (Å²) in [6.07, 6.45) is -2.29. The molecule has 208 valence electrons. The third kappa shape index (κ3) is 4.30. The maximum atomic E-state index is 14.6. The molecule has 5 atom stereocenters. The predicted octanol–water partition coefficient (Wildman–Crippen LogP) is 5.19. The largest absolute Gasteiger partial charge is 0.497 e. The van der Waals surface area contributed by atoms with Gasteiger partial charge in [0.25, 0.3) is 5.91 Å². The van der Waals surface area contributed by atoms with Crippen molar-refractivity contribution >= 4 is 17.7 Å². The fourth-order valence-electron chi connectivity index (χ4n) is 6.39. The summed E-state index contributed by atoms with van der Waals surface area (Å²) in [6, 6.07) is 21.1. The SMILES string of the molecule is COc1ccc([C@H]2[C@@H]([N+](=O)[O-])[C@H](c3ccccc3)C[C@H](O)[C@]23C(=O)N(C(=O)OC(C)(C)C)c2ccccc23)cc1. The van der Waals surface area contributed by atoms with E-state index in [1.165, 1.54) is 7.11 Å². The first kappa shape index (κ1) is 27.3. The average molecular weight is 545 g/mol. The number of aliphatic hydroxyl groups is 1. The van der Waals surface area contributed by atoms with Gasteiger partial charge in [0.2, 0.25) is 6.04 Å². The summed E-state index contributed by atoms with van der Waals surface area (Å²) < 4.78 is 10.9. The van der Waals surface area contributed by atoms with E-state index in [9.17, 15) is 24.8 Å². The molecule has 1 spiro atoms. The van der Waals surface area contributed by atoms with Gasteiger partial charge in [-0.05, 0) is 62.1 Å². The second-order valence-corrected chi connectivity index (χ2v) is 11.3. The number of carbonyl (C=O) groups excluding carboxylic acids is 2. The number of amides is 2. The molecule has 0 unspecified atom stereocenters. The first-order chi connectivity index (χ1) is 19.0. The van der Waals surface area contributed by atoms with Crippen LogP contribution in [-0.4, -0.2) is 46.9 Å². The number of para-hydroxylation sites is 1. The average Bonchev–Trinajstić information content (AvgIpc) is 3.18. The topological polar surface area (TPSA) is 119 Å². The fourth-order valence-corrected chi connectivity index (χ4v) is 6.39. The number of nitro groups is 1. The Bertz CT molecular complexity index is 1430. The van der Waals surface area contributed by atoms with Crippen molar-refractivity contribution in [2.75, 3.05) is 12.0 Å². The van der Waals surface area contributed by atoms with Crippen molar-refractivity contribution in [3.63, 3.8) is 0 Å². The van der Waals surface area contributed by atoms with Crippen LogP contribution in [0.3, 0.4) is 0 Å². The highest BCUT2D eigenvalue weighted by Gasteiger charge is 2.69. The van der Waals surface area contributed by atoms with Gasteiger partial charge in [0.05, 0.1) is 30.7 Å². The zero-order valence-corrected chi connectivity index (χ0v) is 22.8. The molecule has 9 heteroatoms. The predicted molar refractivity (Wildman–Crippen MR) is 148 cm³/mol. The molecular formula is C31H32N2O7. The third-order valence-electron chi connectivity index (χ3n) is 7.92. The minimum absolute atomic E-state index is 0.0510. The Kier molecular flexibility index (Phi) is 6.87. The van der Waals surface area contributed by atoms with Crippen molar-refractivity contribution in [3.05, 3.63) is 106 Å². The zero-order chi connectivity index (χ0) is 28.8. The molecule has 0 aromatic heterocycles. The summed E-state index contributed by atoms with van der Waals surface area (Å²) in [5, 5.41) is 25.0. The molecular weight excluding hydrogens is 512 g/mol. The van der Waals surface area contributed by atoms with Crippen LogP contribution in [0.25, 0.3) is 0 Å². The van der Waals surface area contributed by atoms with Gasteiger partial charge < -0.3 is 14.6 Å². The summed E-state index contributed by atoms with van der Waals surface area (Å²) in [7, 11) is 1.52. The number of ether oxygens (including phenoxy) is 2. The molecule has 0 radical (unpaired) electrons. The van der Waals surface area contributed by atoms with Gasteiger partial charge in [-0.3, -0.25) is 14.9 Å². The molecule has 3 aromatic rings. The number of methoxy groups -OCH3 is 1. The lowest BCUT2D eigenvalue weighted by atomic mass is 9.54. The second kappa shape index (κ2) is 10.1. The summed E-state index contributed by atoms with van der Waals surface area (Å²) >= 11 is 0. The quantitative estimate of drug-likeness (QED) is 0.354. The standard InChI is InChI=1S/C31H32N2O7/c1-30(2,3)40-29(36)32-24-13-9-8-12-23(24)31(28(32)35)25(34)18-22(19-10-6-5-7-11-19)27(33(37)38)26(31)20-14-16-21(39-4)17-15-20/h5-17,22,25-27,34H,18H2,1-4H3/t22-,25-,26-,27-,31-/m0/s1. The maximum absolute atomic E-state index is 14.6. The van der Waals surface area contributed by atoms with E-state index in [1.807, 2.05) is 6.07 Å². The first-order valence-corrected chi connectivity index (χ1v) is 13.2. The number of anilines is 1. The number of rotatable bonds is 4. The van der Waals surface area contributed by atoms with Gasteiger partial charge in [0.1, 0.15) is 16.8 Å². The van der Waals surface area contributed by atoms with Crippen molar-refractivity contribution in [2.45, 2.75) is 62.2 Å². The van der Waals surface area contributed by atoms with Crippen LogP contribution in [-0.2, 0) is 14.9 Å². The van der Waals surface area contributed by atoms with E-state index in [0.29, 0.717) is 22.4 Å². The smallest absolute Gasteiger partial charge is 0.421 e. The molecule has 2 aliphatic rings. The van der Waals surface area contributed by atoms with Gasteiger partial charge in [-0.25, -0.2) is 9.69 Å². The number of aliphatic hydroxyl groups excluding tert-OH is 1. The molecule has 1 aliphatic heterocycles. The number of fused-ring (bicyclic) bond motifs is 2. The molecule has 9 nitrogen and oxygen atoms in total. The third-order valence-corrected chi connectivity index (χ3v) is 7.92. The van der Waals surface area contributed by atoms with E-state index in [-0.39, 0.29) is 17.0 Å². The molecule has 3 aromatic carbocycles. The number of benzene rings is 3. The maximum Gasteiger partial charge on any atom is 0.421 e. The van der Waals surface area contributed by atoms with Crippen molar-refractivity contribution in [1.82, 2.24) is 0 Å². The molecule has 5 rings (SSSR count). The number of nitrogens with zero attached hydrogens (tertiary/aromatic N) is 2. The molecule has 1 N–H and O–H groups in total. The van der Waals surface area contributed by atoms with Gasteiger partial charge >= 0.3 is 6.09 Å². The first-order valence-electron chi connectivity index (χ1n) is 13.2. The molecule has 0 saturated heterocycles. The summed E-state index contributed by atoms with van der Waals surface area (Å²) in [5.74, 6) is -2.02. The minimum atomic E-state index is -1.81. The van der Waals surface area contributed by atoms with E-state index in [0.717, 1.165) is 4.90 Å². The van der Waals surface area contributed by atoms with Crippen LogP contribution in [0.15, 0.2) is 78.9 Å². The molecule has 40 heavy (non-hydrogen) atoms. The van der Waals surface area contributed by atoms with Gasteiger partial charge in [0.15, 0.2) is 0 Å². The summed E-state index contributed by atoms with van der Waals surface area (Å²) in [5.41, 5.74) is -0.928. The van der Waals surface area contributed by atoms with Gasteiger partial charge in [0, 0.05) is 4.92 Å². The van der Waals surface area contributed by atoms with Gasteiger partial charge in [-0.15, -0.1) is 0 Å². The minimum Gasteiger partial charge on any atom is -0.497 e. The zero-order valence-electron chi connectivity index (χ0n) is 22.8. The van der Waals surface area contributed by atoms with E-state index in [1.54, 1.807) is 93.6 Å². The highest BCUT2D eigenvalue weighted by atomic mass is 16.6. The Morgan fingerprint density at radius 3 is 2.23 bits per heavy atom. The monoisotopic (exact) mass is 544 g/mol. The number of carbonyl (C=O) groups is 2. The number of imide groups is 1.